The molecule has 6 nitrogen and oxygen atoms in total. The summed E-state index contributed by atoms with van der Waals surface area (Å²) < 4.78 is 0. The number of carbonyl (C=O) groups is 1. The molecule has 0 aliphatic carbocycles. The molecule has 2 N–H and O–H groups in total. The Labute approximate surface area is 171 Å². The van der Waals surface area contributed by atoms with E-state index in [0.717, 1.165) is 30.0 Å². The average molecular weight is 393 g/mol. The highest BCUT2D eigenvalue weighted by Crippen LogP contribution is 2.28. The standard InChI is InChI=1S/C23H28N4O2/c1-16-18(17(2)25-23(29)19(16)15-24)11-12-22(28)26-20-9-5-6-10-21(20)27-13-7-3-4-8-14-27/h5-6,9-10H,3-4,7-8,11-14H2,1-2H3,(H,25,29)(H,26,28). The number of rotatable bonds is 5. The van der Waals surface area contributed by atoms with Crippen LogP contribution < -0.4 is 15.8 Å². The number of hydrogen-bond acceptors (Lipinski definition) is 4. The molecule has 1 aliphatic rings. The van der Waals surface area contributed by atoms with Crippen LogP contribution >= 0.6 is 0 Å². The Hall–Kier alpha value is -3.07. The molecule has 6 heteroatoms. The zero-order valence-corrected chi connectivity index (χ0v) is 17.2. The molecule has 1 aromatic carbocycles. The molecular weight excluding hydrogens is 364 g/mol. The number of benzene rings is 1. The highest BCUT2D eigenvalue weighted by atomic mass is 16.1. The zero-order chi connectivity index (χ0) is 20.8. The molecule has 2 heterocycles. The van der Waals surface area contributed by atoms with Gasteiger partial charge in [0.25, 0.3) is 5.56 Å². The molecule has 0 bridgehead atoms. The molecule has 1 saturated heterocycles. The summed E-state index contributed by atoms with van der Waals surface area (Å²) in [6.07, 6.45) is 5.62. The SMILES string of the molecule is Cc1[nH]c(=O)c(C#N)c(C)c1CCC(=O)Nc1ccccc1N1CCCCCC1. The largest absolute Gasteiger partial charge is 0.370 e. The number of para-hydroxylation sites is 2. The lowest BCUT2D eigenvalue weighted by molar-refractivity contribution is -0.116. The number of aromatic nitrogens is 1. The summed E-state index contributed by atoms with van der Waals surface area (Å²) in [4.78, 5) is 29.6. The van der Waals surface area contributed by atoms with Crippen molar-refractivity contribution in [3.8, 4) is 6.07 Å². The number of nitrogens with zero attached hydrogens (tertiary/aromatic N) is 2. The Balaban J connectivity index is 1.71. The normalized spacial score (nSPS) is 14.2. The lowest BCUT2D eigenvalue weighted by atomic mass is 9.99. The summed E-state index contributed by atoms with van der Waals surface area (Å²) in [5, 5.41) is 12.3. The molecule has 0 unspecified atom stereocenters. The van der Waals surface area contributed by atoms with Crippen LogP contribution in [0.15, 0.2) is 29.1 Å². The van der Waals surface area contributed by atoms with Crippen LogP contribution in [-0.4, -0.2) is 24.0 Å². The first-order chi connectivity index (χ1) is 14.0. The number of nitriles is 1. The summed E-state index contributed by atoms with van der Waals surface area (Å²) in [6.45, 7) is 5.60. The molecular formula is C23H28N4O2. The maximum absolute atomic E-state index is 12.7. The fourth-order valence-corrected chi connectivity index (χ4v) is 4.04. The number of anilines is 2. The summed E-state index contributed by atoms with van der Waals surface area (Å²) in [5.41, 5.74) is 3.89. The van der Waals surface area contributed by atoms with Gasteiger partial charge in [-0.2, -0.15) is 5.26 Å². The van der Waals surface area contributed by atoms with E-state index >= 15 is 0 Å². The highest BCUT2D eigenvalue weighted by Gasteiger charge is 2.16. The van der Waals surface area contributed by atoms with Crippen LogP contribution in [0, 0.1) is 25.2 Å². The molecule has 1 amide bonds. The number of H-pyrrole nitrogens is 1. The molecule has 1 aliphatic heterocycles. The van der Waals surface area contributed by atoms with E-state index in [2.05, 4.69) is 21.3 Å². The number of hydrogen-bond donors (Lipinski definition) is 2. The van der Waals surface area contributed by atoms with E-state index in [1.165, 1.54) is 25.7 Å². The number of pyridine rings is 1. The van der Waals surface area contributed by atoms with E-state index in [-0.39, 0.29) is 23.5 Å². The van der Waals surface area contributed by atoms with Gasteiger partial charge in [-0.25, -0.2) is 0 Å². The maximum Gasteiger partial charge on any atom is 0.266 e. The van der Waals surface area contributed by atoms with Crippen molar-refractivity contribution in [2.24, 2.45) is 0 Å². The van der Waals surface area contributed by atoms with Gasteiger partial charge >= 0.3 is 0 Å². The summed E-state index contributed by atoms with van der Waals surface area (Å²) in [5.74, 6) is -0.0734. The van der Waals surface area contributed by atoms with Crippen LogP contribution in [-0.2, 0) is 11.2 Å². The Kier molecular flexibility index (Phi) is 6.71. The van der Waals surface area contributed by atoms with Gasteiger partial charge in [-0.1, -0.05) is 25.0 Å². The Bertz CT molecular complexity index is 979. The second kappa shape index (κ2) is 9.42. The first kappa shape index (κ1) is 20.7. The Morgan fingerprint density at radius 3 is 2.55 bits per heavy atom. The molecule has 3 rings (SSSR count). The van der Waals surface area contributed by atoms with Gasteiger partial charge < -0.3 is 15.2 Å². The van der Waals surface area contributed by atoms with Gasteiger partial charge in [0.2, 0.25) is 5.91 Å². The predicted molar refractivity (Wildman–Crippen MR) is 115 cm³/mol. The minimum Gasteiger partial charge on any atom is -0.370 e. The van der Waals surface area contributed by atoms with Crippen molar-refractivity contribution in [1.82, 2.24) is 4.98 Å². The van der Waals surface area contributed by atoms with Gasteiger partial charge in [0.15, 0.2) is 0 Å². The van der Waals surface area contributed by atoms with Gasteiger partial charge in [-0.15, -0.1) is 0 Å². The van der Waals surface area contributed by atoms with Crippen LogP contribution in [0.1, 0.15) is 54.5 Å². The first-order valence-electron chi connectivity index (χ1n) is 10.3. The molecule has 29 heavy (non-hydrogen) atoms. The van der Waals surface area contributed by atoms with Crippen molar-refractivity contribution in [3.05, 3.63) is 57.0 Å². The van der Waals surface area contributed by atoms with E-state index in [4.69, 9.17) is 0 Å². The predicted octanol–water partition coefficient (Wildman–Crippen LogP) is 3.82. The van der Waals surface area contributed by atoms with Crippen molar-refractivity contribution in [3.63, 3.8) is 0 Å². The van der Waals surface area contributed by atoms with Crippen LogP contribution in [0.2, 0.25) is 0 Å². The number of carbonyl (C=O) groups excluding carboxylic acids is 1. The maximum atomic E-state index is 12.7. The fourth-order valence-electron chi connectivity index (χ4n) is 4.04. The van der Waals surface area contributed by atoms with Crippen LogP contribution in [0.4, 0.5) is 11.4 Å². The molecule has 0 radical (unpaired) electrons. The quantitative estimate of drug-likeness (QED) is 0.810. The van der Waals surface area contributed by atoms with E-state index in [1.807, 2.05) is 24.3 Å². The number of amides is 1. The van der Waals surface area contributed by atoms with E-state index in [0.29, 0.717) is 17.7 Å². The minimum absolute atomic E-state index is 0.0734. The third kappa shape index (κ3) is 4.86. The van der Waals surface area contributed by atoms with Crippen molar-refractivity contribution >= 4 is 17.3 Å². The third-order valence-electron chi connectivity index (χ3n) is 5.65. The highest BCUT2D eigenvalue weighted by molar-refractivity contribution is 5.94. The summed E-state index contributed by atoms with van der Waals surface area (Å²) in [7, 11) is 0. The van der Waals surface area contributed by atoms with Gasteiger partial charge in [0.05, 0.1) is 11.4 Å². The van der Waals surface area contributed by atoms with E-state index in [1.54, 1.807) is 13.8 Å². The van der Waals surface area contributed by atoms with Crippen molar-refractivity contribution in [2.45, 2.75) is 52.4 Å². The monoisotopic (exact) mass is 392 g/mol. The van der Waals surface area contributed by atoms with Crippen LogP contribution in [0.5, 0.6) is 0 Å². The van der Waals surface area contributed by atoms with Gasteiger partial charge in [0, 0.05) is 25.2 Å². The molecule has 0 saturated carbocycles. The lowest BCUT2D eigenvalue weighted by Crippen LogP contribution is -2.25. The molecule has 2 aromatic rings. The zero-order valence-electron chi connectivity index (χ0n) is 17.2. The van der Waals surface area contributed by atoms with E-state index < -0.39 is 0 Å². The molecule has 152 valence electrons. The van der Waals surface area contributed by atoms with Crippen LogP contribution in [0.3, 0.4) is 0 Å². The van der Waals surface area contributed by atoms with Crippen molar-refractivity contribution in [2.75, 3.05) is 23.3 Å². The first-order valence-corrected chi connectivity index (χ1v) is 10.3. The van der Waals surface area contributed by atoms with Gasteiger partial charge in [-0.05, 0) is 56.4 Å². The third-order valence-corrected chi connectivity index (χ3v) is 5.65. The lowest BCUT2D eigenvalue weighted by Gasteiger charge is -2.25. The molecule has 1 aromatic heterocycles. The number of aryl methyl sites for hydroxylation is 1. The second-order valence-electron chi connectivity index (χ2n) is 7.64. The number of aromatic amines is 1. The Morgan fingerprint density at radius 2 is 1.86 bits per heavy atom. The minimum atomic E-state index is -0.373. The van der Waals surface area contributed by atoms with Gasteiger partial charge in [-0.3, -0.25) is 9.59 Å². The number of nitrogens with one attached hydrogen (secondary N) is 2. The van der Waals surface area contributed by atoms with Crippen molar-refractivity contribution in [1.29, 1.82) is 5.26 Å². The smallest absolute Gasteiger partial charge is 0.266 e. The Morgan fingerprint density at radius 1 is 1.17 bits per heavy atom. The summed E-state index contributed by atoms with van der Waals surface area (Å²) in [6, 6.07) is 9.91. The average Bonchev–Trinajstić information content (AvgIpc) is 2.97. The summed E-state index contributed by atoms with van der Waals surface area (Å²) >= 11 is 0. The molecule has 1 fully saturated rings. The second-order valence-corrected chi connectivity index (χ2v) is 7.64. The fraction of sp³-hybridized carbons (Fsp3) is 0.435. The topological polar surface area (TPSA) is 89.0 Å². The molecule has 0 spiro atoms. The van der Waals surface area contributed by atoms with Gasteiger partial charge in [0.1, 0.15) is 11.6 Å². The molecule has 0 atom stereocenters. The van der Waals surface area contributed by atoms with Crippen LogP contribution in [0.25, 0.3) is 0 Å². The van der Waals surface area contributed by atoms with E-state index in [9.17, 15) is 14.9 Å². The van der Waals surface area contributed by atoms with Crippen molar-refractivity contribution < 1.29 is 4.79 Å².